The molecule has 1 saturated heterocycles. The summed E-state index contributed by atoms with van der Waals surface area (Å²) < 4.78 is 89.8. The number of hydrogen-bond acceptors (Lipinski definition) is 7. The molecule has 1 unspecified atom stereocenters. The van der Waals surface area contributed by atoms with Crippen LogP contribution in [0.25, 0.3) is 22.2 Å². The number of benzene rings is 1. The Hall–Kier alpha value is -3.75. The minimum absolute atomic E-state index is 0.0594. The van der Waals surface area contributed by atoms with Gasteiger partial charge in [-0.2, -0.15) is 13.2 Å². The van der Waals surface area contributed by atoms with Crippen LogP contribution in [0.4, 0.5) is 42.8 Å². The summed E-state index contributed by atoms with van der Waals surface area (Å²) in [5, 5.41) is 8.39. The van der Waals surface area contributed by atoms with Crippen LogP contribution in [0.3, 0.4) is 0 Å². The molecule has 1 aliphatic heterocycles. The van der Waals surface area contributed by atoms with Crippen LogP contribution in [0.15, 0.2) is 24.5 Å². The van der Waals surface area contributed by atoms with Crippen LogP contribution in [0.1, 0.15) is 32.3 Å². The van der Waals surface area contributed by atoms with Gasteiger partial charge in [-0.25, -0.2) is 14.8 Å². The Bertz CT molecular complexity index is 1330. The highest BCUT2D eigenvalue weighted by Crippen LogP contribution is 2.43. The minimum atomic E-state index is -5.17. The summed E-state index contributed by atoms with van der Waals surface area (Å²) in [4.78, 5) is 22.1. The molecule has 1 fully saturated rings. The number of hydrogen-bond donors (Lipinski definition) is 4. The zero-order chi connectivity index (χ0) is 27.9. The summed E-state index contributed by atoms with van der Waals surface area (Å²) in [5.41, 5.74) is -2.67. The van der Waals surface area contributed by atoms with Gasteiger partial charge in [0.05, 0.1) is 24.0 Å². The first kappa shape index (κ1) is 27.3. The predicted molar refractivity (Wildman–Crippen MR) is 126 cm³/mol. The highest BCUT2D eigenvalue weighted by Gasteiger charge is 2.38. The molecule has 3 heterocycles. The molecular weight excluding hydrogens is 522 g/mol. The third kappa shape index (κ3) is 6.03. The Morgan fingerprint density at radius 2 is 1.92 bits per heavy atom. The van der Waals surface area contributed by atoms with E-state index in [0.717, 1.165) is 32.2 Å². The SMILES string of the molecule is COC(=O)Nc1ccc2c(-c3nc(NC4CCC(C)(C)NC4)ncc3C(F)(F)F)c[nH]c2c1OC(F)(F)F. The maximum atomic E-state index is 13.9. The molecule has 1 aliphatic rings. The number of alkyl halides is 6. The average molecular weight is 546 g/mol. The van der Waals surface area contributed by atoms with Gasteiger partial charge < -0.3 is 25.1 Å². The second-order valence-electron chi connectivity index (χ2n) is 9.33. The number of halogens is 6. The number of nitrogens with one attached hydrogen (secondary N) is 4. The minimum Gasteiger partial charge on any atom is -0.453 e. The largest absolute Gasteiger partial charge is 0.573 e. The van der Waals surface area contributed by atoms with Gasteiger partial charge in [-0.3, -0.25) is 5.32 Å². The lowest BCUT2D eigenvalue weighted by Crippen LogP contribution is -2.50. The third-order valence-corrected chi connectivity index (χ3v) is 6.08. The van der Waals surface area contributed by atoms with E-state index in [9.17, 15) is 31.1 Å². The number of methoxy groups -OCH3 is 1. The molecule has 1 atom stereocenters. The first-order valence-electron chi connectivity index (χ1n) is 11.4. The van der Waals surface area contributed by atoms with Crippen LogP contribution < -0.4 is 20.7 Å². The molecule has 1 amide bonds. The molecule has 0 spiro atoms. The number of amides is 1. The predicted octanol–water partition coefficient (Wildman–Crippen LogP) is 5.66. The average Bonchev–Trinajstić information content (AvgIpc) is 3.25. The number of H-pyrrole nitrogens is 1. The van der Waals surface area contributed by atoms with Crippen molar-refractivity contribution in [2.24, 2.45) is 0 Å². The maximum absolute atomic E-state index is 13.9. The van der Waals surface area contributed by atoms with E-state index in [-0.39, 0.29) is 34.0 Å². The van der Waals surface area contributed by atoms with Gasteiger partial charge in [0.15, 0.2) is 5.75 Å². The lowest BCUT2D eigenvalue weighted by Gasteiger charge is -2.36. The second-order valence-corrected chi connectivity index (χ2v) is 9.33. The topological polar surface area (TPSA) is 113 Å². The van der Waals surface area contributed by atoms with Crippen molar-refractivity contribution in [2.45, 2.75) is 50.8 Å². The number of carbonyl (C=O) groups excluding carboxylic acids is 1. The van der Waals surface area contributed by atoms with Gasteiger partial charge in [0.25, 0.3) is 0 Å². The van der Waals surface area contributed by atoms with E-state index in [0.29, 0.717) is 12.7 Å². The van der Waals surface area contributed by atoms with Crippen LogP contribution in [-0.2, 0) is 10.9 Å². The Balaban J connectivity index is 1.79. The maximum Gasteiger partial charge on any atom is 0.573 e. The van der Waals surface area contributed by atoms with Gasteiger partial charge in [-0.15, -0.1) is 13.2 Å². The molecule has 0 bridgehead atoms. The summed E-state index contributed by atoms with van der Waals surface area (Å²) in [6.45, 7) is 4.61. The van der Waals surface area contributed by atoms with Gasteiger partial charge >= 0.3 is 18.6 Å². The molecule has 9 nitrogen and oxygen atoms in total. The number of fused-ring (bicyclic) bond motifs is 1. The summed E-state index contributed by atoms with van der Waals surface area (Å²) in [7, 11) is 1.01. The van der Waals surface area contributed by atoms with Gasteiger partial charge in [0, 0.05) is 41.5 Å². The van der Waals surface area contributed by atoms with E-state index < -0.39 is 41.3 Å². The fraction of sp³-hybridized carbons (Fsp3) is 0.435. The van der Waals surface area contributed by atoms with Crippen molar-refractivity contribution in [3.8, 4) is 17.0 Å². The summed E-state index contributed by atoms with van der Waals surface area (Å²) >= 11 is 0. The van der Waals surface area contributed by atoms with Crippen molar-refractivity contribution < 1.29 is 40.6 Å². The van der Waals surface area contributed by atoms with E-state index in [2.05, 4.69) is 40.4 Å². The third-order valence-electron chi connectivity index (χ3n) is 6.08. The number of piperidine rings is 1. The van der Waals surface area contributed by atoms with Gasteiger partial charge in [-0.1, -0.05) is 0 Å². The Kier molecular flexibility index (Phi) is 7.07. The highest BCUT2D eigenvalue weighted by atomic mass is 19.4. The molecule has 3 aromatic rings. The Morgan fingerprint density at radius 3 is 2.53 bits per heavy atom. The lowest BCUT2D eigenvalue weighted by molar-refractivity contribution is -0.273. The number of ether oxygens (including phenoxy) is 2. The second kappa shape index (κ2) is 9.85. The number of aromatic nitrogens is 3. The van der Waals surface area contributed by atoms with Crippen molar-refractivity contribution in [1.82, 2.24) is 20.3 Å². The molecule has 0 aliphatic carbocycles. The number of aromatic amines is 1. The number of carbonyl (C=O) groups is 1. The van der Waals surface area contributed by atoms with E-state index in [1.54, 1.807) is 0 Å². The zero-order valence-corrected chi connectivity index (χ0v) is 20.4. The normalized spacial score (nSPS) is 17.8. The van der Waals surface area contributed by atoms with E-state index in [1.165, 1.54) is 6.07 Å². The van der Waals surface area contributed by atoms with Crippen molar-refractivity contribution in [1.29, 1.82) is 0 Å². The standard InChI is InChI=1S/C23H24F6N6O3/c1-21(2)7-6-11(8-32-21)33-19-31-10-14(22(24,25)26)16(35-19)13-9-30-17-12(13)4-5-15(34-20(36)37-3)18(17)38-23(27,28)29/h4-5,9-11,30,32H,6-8H2,1-3H3,(H,34,36)(H,31,33,35). The van der Waals surface area contributed by atoms with Gasteiger partial charge in [0.1, 0.15) is 5.56 Å². The summed E-state index contributed by atoms with van der Waals surface area (Å²) in [5.74, 6) is -0.923. The van der Waals surface area contributed by atoms with Gasteiger partial charge in [-0.05, 0) is 38.8 Å². The van der Waals surface area contributed by atoms with Crippen molar-refractivity contribution >= 4 is 28.6 Å². The van der Waals surface area contributed by atoms with Crippen molar-refractivity contribution in [3.05, 3.63) is 30.1 Å². The molecule has 0 radical (unpaired) electrons. The summed E-state index contributed by atoms with van der Waals surface area (Å²) in [6.07, 6.45) is -7.85. The molecule has 0 saturated carbocycles. The Morgan fingerprint density at radius 1 is 1.18 bits per heavy atom. The molecule has 4 rings (SSSR count). The van der Waals surface area contributed by atoms with Crippen LogP contribution in [0, 0.1) is 0 Å². The zero-order valence-electron chi connectivity index (χ0n) is 20.4. The lowest BCUT2D eigenvalue weighted by atomic mass is 9.91. The monoisotopic (exact) mass is 546 g/mol. The van der Waals surface area contributed by atoms with E-state index in [4.69, 9.17) is 0 Å². The van der Waals surface area contributed by atoms with Crippen LogP contribution in [-0.4, -0.2) is 52.6 Å². The van der Waals surface area contributed by atoms with Crippen LogP contribution in [0.5, 0.6) is 5.75 Å². The van der Waals surface area contributed by atoms with E-state index in [1.807, 2.05) is 13.8 Å². The smallest absolute Gasteiger partial charge is 0.453 e. The van der Waals surface area contributed by atoms with Crippen molar-refractivity contribution in [3.63, 3.8) is 0 Å². The molecule has 2 aromatic heterocycles. The quantitative estimate of drug-likeness (QED) is 0.306. The molecule has 15 heteroatoms. The summed E-state index contributed by atoms with van der Waals surface area (Å²) in [6, 6.07) is 2.15. The molecule has 4 N–H and O–H groups in total. The Labute approximate surface area is 212 Å². The number of anilines is 2. The van der Waals surface area contributed by atoms with Gasteiger partial charge in [0.2, 0.25) is 5.95 Å². The number of rotatable bonds is 5. The van der Waals surface area contributed by atoms with Crippen LogP contribution in [0.2, 0.25) is 0 Å². The highest BCUT2D eigenvalue weighted by molar-refractivity contribution is 6.03. The fourth-order valence-corrected chi connectivity index (χ4v) is 4.14. The number of nitrogens with zero attached hydrogens (tertiary/aromatic N) is 2. The first-order valence-corrected chi connectivity index (χ1v) is 11.4. The molecule has 206 valence electrons. The van der Waals surface area contributed by atoms with E-state index >= 15 is 0 Å². The molecule has 1 aromatic carbocycles. The van der Waals surface area contributed by atoms with Crippen molar-refractivity contribution in [2.75, 3.05) is 24.3 Å². The molecule has 38 heavy (non-hydrogen) atoms. The molecular formula is C23H24F6N6O3. The fourth-order valence-electron chi connectivity index (χ4n) is 4.14. The van der Waals surface area contributed by atoms with Crippen LogP contribution >= 0.6 is 0 Å². The first-order chi connectivity index (χ1) is 17.7.